The molecule has 2 aromatic heterocycles. The number of rotatable bonds is 5. The van der Waals surface area contributed by atoms with Crippen LogP contribution < -0.4 is 0 Å². The Labute approximate surface area is 147 Å². The second kappa shape index (κ2) is 7.35. The van der Waals surface area contributed by atoms with Crippen molar-refractivity contribution in [1.29, 1.82) is 0 Å². The van der Waals surface area contributed by atoms with Crippen LogP contribution in [0.5, 0.6) is 0 Å². The maximum atomic E-state index is 12.5. The normalized spacial score (nSPS) is 18.5. The fourth-order valence-corrected chi connectivity index (χ4v) is 2.78. The molecule has 2 aromatic rings. The Bertz CT molecular complexity index is 688. The van der Waals surface area contributed by atoms with Gasteiger partial charge in [-0.1, -0.05) is 20.8 Å². The van der Waals surface area contributed by atoms with Gasteiger partial charge in [-0.15, -0.1) is 0 Å². The Morgan fingerprint density at radius 2 is 2.28 bits per heavy atom. The number of nitrogens with zero attached hydrogens (tertiary/aromatic N) is 5. The smallest absolute Gasteiger partial charge is 0.222 e. The van der Waals surface area contributed by atoms with E-state index in [-0.39, 0.29) is 17.4 Å². The van der Waals surface area contributed by atoms with Gasteiger partial charge in [-0.3, -0.25) is 14.6 Å². The van der Waals surface area contributed by atoms with Crippen LogP contribution in [0.2, 0.25) is 0 Å². The Morgan fingerprint density at radius 3 is 2.96 bits per heavy atom. The molecule has 3 rings (SSSR count). The quantitative estimate of drug-likeness (QED) is 0.890. The number of morpholine rings is 1. The molecule has 1 aliphatic rings. The molecule has 0 spiro atoms. The maximum Gasteiger partial charge on any atom is 0.222 e. The van der Waals surface area contributed by atoms with Crippen LogP contribution in [-0.2, 0) is 21.5 Å². The van der Waals surface area contributed by atoms with Gasteiger partial charge in [0.15, 0.2) is 11.6 Å². The fraction of sp³-hybridized carbons (Fsp3) is 0.647. The van der Waals surface area contributed by atoms with Crippen LogP contribution in [-0.4, -0.2) is 55.5 Å². The van der Waals surface area contributed by atoms with Crippen molar-refractivity contribution in [3.8, 4) is 0 Å². The number of ether oxygens (including phenoxy) is 1. The lowest BCUT2D eigenvalue weighted by Crippen LogP contribution is -2.42. The van der Waals surface area contributed by atoms with E-state index in [1.165, 1.54) is 0 Å². The first-order valence-corrected chi connectivity index (χ1v) is 8.73. The van der Waals surface area contributed by atoms with Crippen molar-refractivity contribution in [2.24, 2.45) is 0 Å². The number of nitrogens with one attached hydrogen (secondary N) is 1. The molecule has 3 heterocycles. The molecule has 0 saturated carbocycles. The molecule has 1 N–H and O–H groups in total. The van der Waals surface area contributed by atoms with Crippen LogP contribution in [0.4, 0.5) is 0 Å². The Balaban J connectivity index is 1.53. The van der Waals surface area contributed by atoms with Gasteiger partial charge in [0.25, 0.3) is 0 Å². The van der Waals surface area contributed by atoms with Crippen molar-refractivity contribution in [1.82, 2.24) is 29.9 Å². The lowest BCUT2D eigenvalue weighted by molar-refractivity contribution is -0.139. The Kier molecular flexibility index (Phi) is 5.17. The number of carbonyl (C=O) groups is 1. The number of aromatic nitrogens is 5. The first kappa shape index (κ1) is 17.6. The van der Waals surface area contributed by atoms with E-state index in [4.69, 9.17) is 4.74 Å². The zero-order chi connectivity index (χ0) is 17.9. The summed E-state index contributed by atoms with van der Waals surface area (Å²) in [4.78, 5) is 18.9. The first-order valence-electron chi connectivity index (χ1n) is 8.73. The molecule has 25 heavy (non-hydrogen) atoms. The number of hydrogen-bond acceptors (Lipinski definition) is 5. The molecule has 136 valence electrons. The van der Waals surface area contributed by atoms with Crippen molar-refractivity contribution in [3.63, 3.8) is 0 Å². The van der Waals surface area contributed by atoms with Crippen LogP contribution in [0.25, 0.3) is 0 Å². The van der Waals surface area contributed by atoms with Gasteiger partial charge in [0.2, 0.25) is 5.91 Å². The van der Waals surface area contributed by atoms with Crippen molar-refractivity contribution >= 4 is 5.91 Å². The van der Waals surface area contributed by atoms with Crippen molar-refractivity contribution in [2.75, 3.05) is 19.7 Å². The molecular formula is C17H26N6O2. The molecule has 0 aliphatic carbocycles. The lowest BCUT2D eigenvalue weighted by atomic mass is 9.96. The number of hydrogen-bond donors (Lipinski definition) is 1. The first-order chi connectivity index (χ1) is 11.9. The zero-order valence-corrected chi connectivity index (χ0v) is 15.1. The minimum absolute atomic E-state index is 0.120. The van der Waals surface area contributed by atoms with Crippen LogP contribution in [0.3, 0.4) is 0 Å². The average Bonchev–Trinajstić information content (AvgIpc) is 3.26. The SMILES string of the molecule is CC(C)(C)c1n[nH]c([C@H]2CN(C(=O)CCCn3cccn3)CCO2)n1. The second-order valence-corrected chi connectivity index (χ2v) is 7.37. The number of aromatic amines is 1. The third-order valence-corrected chi connectivity index (χ3v) is 4.23. The molecule has 0 aromatic carbocycles. The maximum absolute atomic E-state index is 12.5. The van der Waals surface area contributed by atoms with E-state index in [0.717, 1.165) is 18.8 Å². The van der Waals surface area contributed by atoms with Crippen LogP contribution >= 0.6 is 0 Å². The Hall–Kier alpha value is -2.22. The predicted molar refractivity (Wildman–Crippen MR) is 91.8 cm³/mol. The molecule has 1 aliphatic heterocycles. The lowest BCUT2D eigenvalue weighted by Gasteiger charge is -2.32. The summed E-state index contributed by atoms with van der Waals surface area (Å²) in [5, 5.41) is 11.4. The van der Waals surface area contributed by atoms with Crippen molar-refractivity contribution in [2.45, 2.75) is 51.7 Å². The zero-order valence-electron chi connectivity index (χ0n) is 15.1. The van der Waals surface area contributed by atoms with E-state index in [1.54, 1.807) is 6.20 Å². The standard InChI is InChI=1S/C17H26N6O2/c1-17(2,3)16-19-15(20-21-16)13-12-22(10-11-25-13)14(24)6-4-8-23-9-5-7-18-23/h5,7,9,13H,4,6,8,10-12H2,1-3H3,(H,19,20,21)/t13-/m1/s1. The Morgan fingerprint density at radius 1 is 1.44 bits per heavy atom. The predicted octanol–water partition coefficient (Wildman–Crippen LogP) is 1.68. The highest BCUT2D eigenvalue weighted by Crippen LogP contribution is 2.23. The summed E-state index contributed by atoms with van der Waals surface area (Å²) >= 11 is 0. The van der Waals surface area contributed by atoms with Gasteiger partial charge in [0.05, 0.1) is 13.2 Å². The summed E-state index contributed by atoms with van der Waals surface area (Å²) in [6.45, 7) is 8.60. The fourth-order valence-electron chi connectivity index (χ4n) is 2.78. The highest BCUT2D eigenvalue weighted by Gasteiger charge is 2.29. The van der Waals surface area contributed by atoms with E-state index >= 15 is 0 Å². The van der Waals surface area contributed by atoms with E-state index < -0.39 is 0 Å². The van der Waals surface area contributed by atoms with Gasteiger partial charge in [-0.05, 0) is 12.5 Å². The molecule has 8 nitrogen and oxygen atoms in total. The molecule has 1 amide bonds. The summed E-state index contributed by atoms with van der Waals surface area (Å²) in [5.74, 6) is 1.60. The molecular weight excluding hydrogens is 320 g/mol. The largest absolute Gasteiger partial charge is 0.367 e. The third kappa shape index (κ3) is 4.45. The number of amides is 1. The van der Waals surface area contributed by atoms with E-state index in [9.17, 15) is 4.79 Å². The third-order valence-electron chi connectivity index (χ3n) is 4.23. The van der Waals surface area contributed by atoms with Crippen molar-refractivity contribution < 1.29 is 9.53 Å². The molecule has 0 bridgehead atoms. The molecule has 1 atom stereocenters. The minimum atomic E-state index is -0.243. The number of aryl methyl sites for hydroxylation is 1. The second-order valence-electron chi connectivity index (χ2n) is 7.37. The summed E-state index contributed by atoms with van der Waals surface area (Å²) in [6.07, 6.45) is 4.70. The summed E-state index contributed by atoms with van der Waals surface area (Å²) < 4.78 is 7.64. The molecule has 0 radical (unpaired) electrons. The summed E-state index contributed by atoms with van der Waals surface area (Å²) in [5.41, 5.74) is -0.120. The highest BCUT2D eigenvalue weighted by molar-refractivity contribution is 5.76. The molecule has 8 heteroatoms. The van der Waals surface area contributed by atoms with E-state index in [0.29, 0.717) is 31.9 Å². The van der Waals surface area contributed by atoms with Gasteiger partial charge >= 0.3 is 0 Å². The number of carbonyl (C=O) groups excluding carboxylic acids is 1. The minimum Gasteiger partial charge on any atom is -0.367 e. The summed E-state index contributed by atoms with van der Waals surface area (Å²) in [6, 6.07) is 1.89. The van der Waals surface area contributed by atoms with Gasteiger partial charge in [0, 0.05) is 37.3 Å². The van der Waals surface area contributed by atoms with Crippen LogP contribution in [0.15, 0.2) is 18.5 Å². The van der Waals surface area contributed by atoms with Crippen LogP contribution in [0, 0.1) is 0 Å². The van der Waals surface area contributed by atoms with E-state index in [2.05, 4.69) is 41.1 Å². The molecule has 1 fully saturated rings. The average molecular weight is 346 g/mol. The summed E-state index contributed by atoms with van der Waals surface area (Å²) in [7, 11) is 0. The van der Waals surface area contributed by atoms with Gasteiger partial charge in [-0.2, -0.15) is 10.2 Å². The number of H-pyrrole nitrogens is 1. The molecule has 1 saturated heterocycles. The van der Waals surface area contributed by atoms with Crippen LogP contribution in [0.1, 0.15) is 51.4 Å². The molecule has 0 unspecified atom stereocenters. The van der Waals surface area contributed by atoms with Gasteiger partial charge < -0.3 is 9.64 Å². The van der Waals surface area contributed by atoms with Gasteiger partial charge in [-0.25, -0.2) is 4.98 Å². The van der Waals surface area contributed by atoms with Gasteiger partial charge in [0.1, 0.15) is 6.10 Å². The monoisotopic (exact) mass is 346 g/mol. The topological polar surface area (TPSA) is 88.9 Å². The van der Waals surface area contributed by atoms with E-state index in [1.807, 2.05) is 21.8 Å². The highest BCUT2D eigenvalue weighted by atomic mass is 16.5. The van der Waals surface area contributed by atoms with Crippen molar-refractivity contribution in [3.05, 3.63) is 30.1 Å².